The van der Waals surface area contributed by atoms with E-state index in [1.54, 1.807) is 4.90 Å². The van der Waals surface area contributed by atoms with E-state index in [1.165, 1.54) is 7.11 Å². The number of carbonyl (C=O) groups excluding carboxylic acids is 2. The van der Waals surface area contributed by atoms with Crippen molar-refractivity contribution < 1.29 is 14.3 Å². The maximum absolute atomic E-state index is 12.7. The molecule has 2 aliphatic heterocycles. The highest BCUT2D eigenvalue weighted by molar-refractivity contribution is 6.10. The standard InChI is InChI=1S/C21H31N5O3/c1-20(2,3)25-18-21(24-16-9-6-5-8-15(16)23-18)11-7-13-26(14-21)19(28)22-12-10-17(27)29-4/h5-6,8-9,24H,7,10-14H2,1-4H3,(H,22,28)(H,23,25)/t21-/m0/s1. The molecule has 2 aliphatic rings. The number of amides is 2. The third-order valence-electron chi connectivity index (χ3n) is 5.07. The van der Waals surface area contributed by atoms with Gasteiger partial charge in [-0.05, 0) is 45.7 Å². The highest BCUT2D eigenvalue weighted by atomic mass is 16.5. The van der Waals surface area contributed by atoms with E-state index in [-0.39, 0.29) is 30.5 Å². The van der Waals surface area contributed by atoms with E-state index in [0.717, 1.165) is 30.1 Å². The number of benzene rings is 1. The van der Waals surface area contributed by atoms with Gasteiger partial charge < -0.3 is 25.6 Å². The monoisotopic (exact) mass is 401 g/mol. The number of fused-ring (bicyclic) bond motifs is 1. The summed E-state index contributed by atoms with van der Waals surface area (Å²) in [6, 6.07) is 7.86. The van der Waals surface area contributed by atoms with Crippen molar-refractivity contribution in [1.82, 2.24) is 10.2 Å². The molecule has 1 spiro atoms. The van der Waals surface area contributed by atoms with Crippen LogP contribution in [0.1, 0.15) is 40.0 Å². The maximum atomic E-state index is 12.7. The Morgan fingerprint density at radius 1 is 1.28 bits per heavy atom. The molecule has 0 unspecified atom stereocenters. The van der Waals surface area contributed by atoms with Gasteiger partial charge in [0.05, 0.1) is 37.0 Å². The van der Waals surface area contributed by atoms with Crippen LogP contribution < -0.4 is 16.0 Å². The third-order valence-corrected chi connectivity index (χ3v) is 5.07. The van der Waals surface area contributed by atoms with Gasteiger partial charge in [-0.25, -0.2) is 4.79 Å². The zero-order valence-corrected chi connectivity index (χ0v) is 17.7. The second-order valence-corrected chi connectivity index (χ2v) is 8.59. The van der Waals surface area contributed by atoms with Crippen LogP contribution in [0, 0.1) is 0 Å². The first-order valence-electron chi connectivity index (χ1n) is 10.1. The summed E-state index contributed by atoms with van der Waals surface area (Å²) in [6.45, 7) is 7.61. The number of urea groups is 1. The number of nitrogens with zero attached hydrogens (tertiary/aromatic N) is 2. The van der Waals surface area contributed by atoms with Gasteiger partial charge in [-0.1, -0.05) is 12.1 Å². The number of carbonyl (C=O) groups is 2. The van der Waals surface area contributed by atoms with Crippen LogP contribution in [0.2, 0.25) is 0 Å². The number of ether oxygens (including phenoxy) is 1. The largest absolute Gasteiger partial charge is 0.469 e. The minimum atomic E-state index is -0.473. The number of aliphatic imine (C=N–C) groups is 1. The molecule has 0 aliphatic carbocycles. The molecule has 2 amide bonds. The average Bonchev–Trinajstić information content (AvgIpc) is 2.67. The number of piperidine rings is 1. The van der Waals surface area contributed by atoms with Crippen LogP contribution in [0.4, 0.5) is 16.2 Å². The van der Waals surface area contributed by atoms with Crippen molar-refractivity contribution in [2.45, 2.75) is 51.1 Å². The number of methoxy groups -OCH3 is 1. The average molecular weight is 402 g/mol. The third kappa shape index (κ3) is 4.99. The minimum Gasteiger partial charge on any atom is -0.469 e. The number of nitrogens with one attached hydrogen (secondary N) is 3. The van der Waals surface area contributed by atoms with E-state index in [9.17, 15) is 9.59 Å². The summed E-state index contributed by atoms with van der Waals surface area (Å²) in [5.74, 6) is 0.519. The van der Waals surface area contributed by atoms with Gasteiger partial charge in [0.2, 0.25) is 0 Å². The van der Waals surface area contributed by atoms with Gasteiger partial charge in [0.25, 0.3) is 0 Å². The fourth-order valence-corrected chi connectivity index (χ4v) is 3.75. The molecule has 2 heterocycles. The summed E-state index contributed by atoms with van der Waals surface area (Å²) >= 11 is 0. The van der Waals surface area contributed by atoms with Gasteiger partial charge in [0, 0.05) is 13.1 Å². The lowest BCUT2D eigenvalue weighted by Gasteiger charge is -2.47. The highest BCUT2D eigenvalue weighted by Gasteiger charge is 2.45. The van der Waals surface area contributed by atoms with Crippen molar-refractivity contribution in [3.8, 4) is 0 Å². The second kappa shape index (κ2) is 8.31. The lowest BCUT2D eigenvalue weighted by Crippen LogP contribution is -2.63. The summed E-state index contributed by atoms with van der Waals surface area (Å²) in [7, 11) is 1.34. The zero-order chi connectivity index (χ0) is 21.1. The summed E-state index contributed by atoms with van der Waals surface area (Å²) in [6.07, 6.45) is 1.88. The van der Waals surface area contributed by atoms with Gasteiger partial charge in [0.1, 0.15) is 11.4 Å². The number of hydrogen-bond donors (Lipinski definition) is 3. The molecule has 1 atom stereocenters. The Balaban J connectivity index is 1.81. The van der Waals surface area contributed by atoms with Crippen LogP contribution >= 0.6 is 0 Å². The van der Waals surface area contributed by atoms with Crippen molar-refractivity contribution in [1.29, 1.82) is 0 Å². The maximum Gasteiger partial charge on any atom is 0.317 e. The van der Waals surface area contributed by atoms with E-state index in [1.807, 2.05) is 24.3 Å². The van der Waals surface area contributed by atoms with Gasteiger partial charge in [-0.3, -0.25) is 9.79 Å². The number of esters is 1. The molecular formula is C21H31N5O3. The Morgan fingerprint density at radius 2 is 2.00 bits per heavy atom. The van der Waals surface area contributed by atoms with E-state index in [0.29, 0.717) is 13.1 Å². The Morgan fingerprint density at radius 3 is 2.69 bits per heavy atom. The van der Waals surface area contributed by atoms with E-state index in [4.69, 9.17) is 4.99 Å². The Labute approximate surface area is 172 Å². The zero-order valence-electron chi connectivity index (χ0n) is 17.7. The molecule has 8 heteroatoms. The van der Waals surface area contributed by atoms with Crippen molar-refractivity contribution in [2.75, 3.05) is 37.4 Å². The molecule has 1 aromatic rings. The summed E-state index contributed by atoms with van der Waals surface area (Å²) in [5.41, 5.74) is 1.27. The first-order valence-corrected chi connectivity index (χ1v) is 10.1. The molecule has 0 saturated carbocycles. The predicted octanol–water partition coefficient (Wildman–Crippen LogP) is 2.83. The number of rotatable bonds is 3. The fraction of sp³-hybridized carbons (Fsp3) is 0.571. The van der Waals surface area contributed by atoms with E-state index in [2.05, 4.69) is 41.5 Å². The van der Waals surface area contributed by atoms with Crippen molar-refractivity contribution in [3.05, 3.63) is 24.3 Å². The molecular weight excluding hydrogens is 370 g/mol. The first-order chi connectivity index (χ1) is 13.7. The number of hydrogen-bond acceptors (Lipinski definition) is 5. The normalized spacial score (nSPS) is 22.5. The van der Waals surface area contributed by atoms with Gasteiger partial charge in [0.15, 0.2) is 0 Å². The molecule has 1 fully saturated rings. The van der Waals surface area contributed by atoms with E-state index >= 15 is 0 Å². The van der Waals surface area contributed by atoms with E-state index < -0.39 is 5.54 Å². The van der Waals surface area contributed by atoms with Crippen LogP contribution in [0.25, 0.3) is 0 Å². The Kier molecular flexibility index (Phi) is 6.00. The van der Waals surface area contributed by atoms with Crippen molar-refractivity contribution in [3.63, 3.8) is 0 Å². The van der Waals surface area contributed by atoms with Gasteiger partial charge in [-0.2, -0.15) is 0 Å². The molecule has 3 N–H and O–H groups in total. The quantitative estimate of drug-likeness (QED) is 0.677. The number of anilines is 2. The summed E-state index contributed by atoms with van der Waals surface area (Å²) in [5, 5.41) is 9.99. The first kappa shape index (κ1) is 21.0. The Bertz CT molecular complexity index is 802. The van der Waals surface area contributed by atoms with Gasteiger partial charge >= 0.3 is 12.0 Å². The number of para-hydroxylation sites is 2. The minimum absolute atomic E-state index is 0.158. The molecule has 3 rings (SSSR count). The SMILES string of the molecule is COC(=O)CCNC(=O)N1CCC[C@@]2(C1)Nc1ccccc1NC2=NC(C)(C)C. The number of likely N-dealkylation sites (tertiary alicyclic amines) is 1. The molecule has 1 saturated heterocycles. The molecule has 1 aromatic carbocycles. The molecule has 158 valence electrons. The van der Waals surface area contributed by atoms with Crippen molar-refractivity contribution >= 4 is 29.2 Å². The fourth-order valence-electron chi connectivity index (χ4n) is 3.75. The number of amidine groups is 1. The smallest absolute Gasteiger partial charge is 0.317 e. The molecule has 0 radical (unpaired) electrons. The molecule has 29 heavy (non-hydrogen) atoms. The lowest BCUT2D eigenvalue weighted by atomic mass is 9.85. The Hall–Kier alpha value is -2.77. The van der Waals surface area contributed by atoms with Crippen molar-refractivity contribution in [2.24, 2.45) is 4.99 Å². The topological polar surface area (TPSA) is 95.1 Å². The second-order valence-electron chi connectivity index (χ2n) is 8.59. The summed E-state index contributed by atoms with van der Waals surface area (Å²) < 4.78 is 4.62. The molecule has 0 aromatic heterocycles. The molecule has 0 bridgehead atoms. The predicted molar refractivity (Wildman–Crippen MR) is 114 cm³/mol. The van der Waals surface area contributed by atoms with Gasteiger partial charge in [-0.15, -0.1) is 0 Å². The summed E-state index contributed by atoms with van der Waals surface area (Å²) in [4.78, 5) is 30.7. The van der Waals surface area contributed by atoms with Crippen LogP contribution in [-0.2, 0) is 9.53 Å². The molecule has 8 nitrogen and oxygen atoms in total. The highest BCUT2D eigenvalue weighted by Crippen LogP contribution is 2.36. The van der Waals surface area contributed by atoms with Crippen LogP contribution in [0.15, 0.2) is 29.3 Å². The van der Waals surface area contributed by atoms with Crippen LogP contribution in [0.3, 0.4) is 0 Å². The lowest BCUT2D eigenvalue weighted by molar-refractivity contribution is -0.140. The van der Waals surface area contributed by atoms with Crippen LogP contribution in [-0.4, -0.2) is 60.6 Å². The van der Waals surface area contributed by atoms with Crippen LogP contribution in [0.5, 0.6) is 0 Å².